The van der Waals surface area contributed by atoms with Crippen molar-refractivity contribution in [2.75, 3.05) is 25.1 Å². The van der Waals surface area contributed by atoms with E-state index in [4.69, 9.17) is 5.73 Å². The van der Waals surface area contributed by atoms with Crippen molar-refractivity contribution in [3.63, 3.8) is 0 Å². The second kappa shape index (κ2) is 8.80. The third-order valence-electron chi connectivity index (χ3n) is 4.43. The molecule has 2 atom stereocenters. The number of nitrogens with zero attached hydrogens (tertiary/aromatic N) is 1. The van der Waals surface area contributed by atoms with E-state index in [2.05, 4.69) is 31.2 Å². The molecule has 1 aliphatic rings. The quantitative estimate of drug-likeness (QED) is 0.894. The minimum Gasteiger partial charge on any atom is -0.340 e. The fourth-order valence-electron chi connectivity index (χ4n) is 3.11. The maximum Gasteiger partial charge on any atom is 0.239 e. The zero-order valence-electron chi connectivity index (χ0n) is 13.5. The number of halogens is 1. The molecule has 1 amide bonds. The van der Waals surface area contributed by atoms with E-state index in [0.29, 0.717) is 0 Å². The fraction of sp³-hybridized carbons (Fsp3) is 0.588. The number of likely N-dealkylation sites (tertiary alicyclic amines) is 1. The van der Waals surface area contributed by atoms with Crippen molar-refractivity contribution >= 4 is 30.1 Å². The summed E-state index contributed by atoms with van der Waals surface area (Å²) in [7, 11) is 0. The van der Waals surface area contributed by atoms with Gasteiger partial charge in [0.25, 0.3) is 0 Å². The van der Waals surface area contributed by atoms with Gasteiger partial charge in [-0.1, -0.05) is 37.3 Å². The molecule has 1 saturated heterocycles. The molecule has 0 bridgehead atoms. The maximum atomic E-state index is 12.5. The molecule has 0 radical (unpaired) electrons. The highest BCUT2D eigenvalue weighted by Crippen LogP contribution is 2.33. The van der Waals surface area contributed by atoms with Crippen LogP contribution in [-0.4, -0.2) is 41.9 Å². The maximum absolute atomic E-state index is 12.5. The number of rotatable bonds is 5. The first-order chi connectivity index (χ1) is 10.1. The molecule has 1 aromatic rings. The van der Waals surface area contributed by atoms with Gasteiger partial charge in [-0.3, -0.25) is 4.79 Å². The number of carbonyl (C=O) groups is 1. The Balaban J connectivity index is 0.00000242. The molecule has 124 valence electrons. The van der Waals surface area contributed by atoms with Crippen LogP contribution in [-0.2, 0) is 10.2 Å². The van der Waals surface area contributed by atoms with Gasteiger partial charge in [0.05, 0.1) is 6.04 Å². The molecular weight excluding hydrogens is 316 g/mol. The van der Waals surface area contributed by atoms with Crippen LogP contribution in [0.3, 0.4) is 0 Å². The minimum atomic E-state index is -0.351. The third kappa shape index (κ3) is 4.64. The van der Waals surface area contributed by atoms with Gasteiger partial charge in [0.15, 0.2) is 0 Å². The Labute approximate surface area is 144 Å². The predicted molar refractivity (Wildman–Crippen MR) is 97.8 cm³/mol. The van der Waals surface area contributed by atoms with Gasteiger partial charge in [-0.25, -0.2) is 0 Å². The van der Waals surface area contributed by atoms with Crippen LogP contribution in [0.1, 0.15) is 31.7 Å². The lowest BCUT2D eigenvalue weighted by Crippen LogP contribution is -2.52. The molecular formula is C17H27ClN2OS. The van der Waals surface area contributed by atoms with Gasteiger partial charge in [0, 0.05) is 18.5 Å². The topological polar surface area (TPSA) is 46.3 Å². The van der Waals surface area contributed by atoms with Gasteiger partial charge < -0.3 is 10.6 Å². The van der Waals surface area contributed by atoms with E-state index in [1.807, 2.05) is 17.2 Å². The second-order valence-corrected chi connectivity index (χ2v) is 7.16. The molecule has 5 heteroatoms. The standard InChI is InChI=1S/C17H26N2OS.ClH/c1-17(14-7-4-3-5-8-14)10-6-11-19(13-17)16(20)15(18)9-12-21-2;/h3-5,7-8,15H,6,9-13,18H2,1-2H3;1H/t15-,17?;/m0./s1. The van der Waals surface area contributed by atoms with E-state index >= 15 is 0 Å². The monoisotopic (exact) mass is 342 g/mol. The van der Waals surface area contributed by atoms with Crippen molar-refractivity contribution in [2.45, 2.75) is 37.6 Å². The number of thioether (sulfide) groups is 1. The van der Waals surface area contributed by atoms with E-state index < -0.39 is 0 Å². The molecule has 0 aliphatic carbocycles. The Hall–Kier alpha value is -0.710. The van der Waals surface area contributed by atoms with E-state index in [-0.39, 0.29) is 29.8 Å². The van der Waals surface area contributed by atoms with Gasteiger partial charge in [-0.05, 0) is 36.8 Å². The SMILES string of the molecule is CSCC[C@H](N)C(=O)N1CCCC(C)(c2ccccc2)C1.Cl. The lowest BCUT2D eigenvalue weighted by Gasteiger charge is -2.41. The van der Waals surface area contributed by atoms with Crippen LogP contribution in [0.5, 0.6) is 0 Å². The lowest BCUT2D eigenvalue weighted by atomic mass is 9.76. The van der Waals surface area contributed by atoms with Crippen molar-refractivity contribution in [1.29, 1.82) is 0 Å². The van der Waals surface area contributed by atoms with Gasteiger partial charge in [-0.15, -0.1) is 12.4 Å². The predicted octanol–water partition coefficient (Wildman–Crippen LogP) is 3.07. The summed E-state index contributed by atoms with van der Waals surface area (Å²) in [5, 5.41) is 0. The van der Waals surface area contributed by atoms with Crippen molar-refractivity contribution in [3.8, 4) is 0 Å². The molecule has 0 aromatic heterocycles. The summed E-state index contributed by atoms with van der Waals surface area (Å²) in [6.45, 7) is 3.88. The second-order valence-electron chi connectivity index (χ2n) is 6.18. The largest absolute Gasteiger partial charge is 0.340 e. The Morgan fingerprint density at radius 2 is 2.09 bits per heavy atom. The molecule has 22 heavy (non-hydrogen) atoms. The van der Waals surface area contributed by atoms with Crippen LogP contribution in [0.15, 0.2) is 30.3 Å². The molecule has 1 fully saturated rings. The van der Waals surface area contributed by atoms with Gasteiger partial charge in [0.1, 0.15) is 0 Å². The van der Waals surface area contributed by atoms with Crippen molar-refractivity contribution < 1.29 is 4.79 Å². The average Bonchev–Trinajstić information content (AvgIpc) is 2.52. The van der Waals surface area contributed by atoms with Crippen LogP contribution in [0, 0.1) is 0 Å². The molecule has 1 aliphatic heterocycles. The highest BCUT2D eigenvalue weighted by molar-refractivity contribution is 7.98. The lowest BCUT2D eigenvalue weighted by molar-refractivity contribution is -0.134. The van der Waals surface area contributed by atoms with Crippen LogP contribution < -0.4 is 5.73 Å². The van der Waals surface area contributed by atoms with E-state index in [1.165, 1.54) is 5.56 Å². The Morgan fingerprint density at radius 1 is 1.41 bits per heavy atom. The number of carbonyl (C=O) groups excluding carboxylic acids is 1. The number of amides is 1. The Bertz CT molecular complexity index is 471. The molecule has 3 nitrogen and oxygen atoms in total. The summed E-state index contributed by atoms with van der Waals surface area (Å²) in [5.41, 5.74) is 7.43. The Morgan fingerprint density at radius 3 is 2.73 bits per heavy atom. The van der Waals surface area contributed by atoms with Crippen molar-refractivity contribution in [1.82, 2.24) is 4.90 Å². The molecule has 0 spiro atoms. The number of benzene rings is 1. The van der Waals surface area contributed by atoms with Crippen molar-refractivity contribution in [2.24, 2.45) is 5.73 Å². The van der Waals surface area contributed by atoms with Gasteiger partial charge in [-0.2, -0.15) is 11.8 Å². The van der Waals surface area contributed by atoms with Crippen LogP contribution in [0.2, 0.25) is 0 Å². The van der Waals surface area contributed by atoms with Crippen LogP contribution >= 0.6 is 24.2 Å². The zero-order valence-corrected chi connectivity index (χ0v) is 15.1. The molecule has 1 heterocycles. The molecule has 1 unspecified atom stereocenters. The number of nitrogens with two attached hydrogens (primary N) is 1. The van der Waals surface area contributed by atoms with Crippen LogP contribution in [0.25, 0.3) is 0 Å². The summed E-state index contributed by atoms with van der Waals surface area (Å²) < 4.78 is 0. The number of piperidine rings is 1. The van der Waals surface area contributed by atoms with Crippen molar-refractivity contribution in [3.05, 3.63) is 35.9 Å². The first kappa shape index (κ1) is 19.3. The van der Waals surface area contributed by atoms with Crippen LogP contribution in [0.4, 0.5) is 0 Å². The number of hydrogen-bond donors (Lipinski definition) is 1. The molecule has 0 saturated carbocycles. The summed E-state index contributed by atoms with van der Waals surface area (Å²) in [6, 6.07) is 10.2. The summed E-state index contributed by atoms with van der Waals surface area (Å²) in [6.07, 6.45) is 4.98. The van der Waals surface area contributed by atoms with E-state index in [1.54, 1.807) is 11.8 Å². The highest BCUT2D eigenvalue weighted by Gasteiger charge is 2.35. The van der Waals surface area contributed by atoms with Gasteiger partial charge in [0.2, 0.25) is 5.91 Å². The normalized spacial score (nSPS) is 22.8. The first-order valence-electron chi connectivity index (χ1n) is 7.66. The van der Waals surface area contributed by atoms with E-state index in [0.717, 1.165) is 38.1 Å². The van der Waals surface area contributed by atoms with E-state index in [9.17, 15) is 4.79 Å². The molecule has 2 N–H and O–H groups in total. The Kier molecular flexibility index (Phi) is 7.74. The first-order valence-corrected chi connectivity index (χ1v) is 9.05. The summed E-state index contributed by atoms with van der Waals surface area (Å²) in [5.74, 6) is 1.06. The summed E-state index contributed by atoms with van der Waals surface area (Å²) in [4.78, 5) is 14.5. The molecule has 2 rings (SSSR count). The minimum absolute atomic E-state index is 0. The van der Waals surface area contributed by atoms with Gasteiger partial charge >= 0.3 is 0 Å². The summed E-state index contributed by atoms with van der Waals surface area (Å²) >= 11 is 1.74. The average molecular weight is 343 g/mol. The zero-order chi connectivity index (χ0) is 15.3. The third-order valence-corrected chi connectivity index (χ3v) is 5.07. The number of hydrogen-bond acceptors (Lipinski definition) is 3. The molecule has 1 aromatic carbocycles. The fourth-order valence-corrected chi connectivity index (χ4v) is 3.60. The highest BCUT2D eigenvalue weighted by atomic mass is 35.5. The smallest absolute Gasteiger partial charge is 0.239 e.